The molecule has 5 nitrogen and oxygen atoms in total. The minimum Gasteiger partial charge on any atom is -0.373 e. The standard InChI is InChI=1S/C13H23N3O2/c1-13(2,3)10(17-4)11-15-12(18-16-11)9-6-5-7-14-8-9/h9-10,14H,5-8H2,1-4H3/t9-,10?/m1/s1. The Morgan fingerprint density at radius 3 is 2.78 bits per heavy atom. The highest BCUT2D eigenvalue weighted by Crippen LogP contribution is 2.34. The molecule has 2 rings (SSSR count). The van der Waals surface area contributed by atoms with Gasteiger partial charge in [-0.2, -0.15) is 4.98 Å². The van der Waals surface area contributed by atoms with Crippen molar-refractivity contribution in [1.29, 1.82) is 0 Å². The van der Waals surface area contributed by atoms with Crippen LogP contribution in [0.25, 0.3) is 0 Å². The topological polar surface area (TPSA) is 60.2 Å². The Kier molecular flexibility index (Phi) is 4.02. The van der Waals surface area contributed by atoms with Crippen molar-refractivity contribution < 1.29 is 9.26 Å². The van der Waals surface area contributed by atoms with Gasteiger partial charge in [-0.05, 0) is 24.8 Å². The van der Waals surface area contributed by atoms with E-state index in [0.717, 1.165) is 31.8 Å². The van der Waals surface area contributed by atoms with Crippen LogP contribution in [0.5, 0.6) is 0 Å². The molecule has 1 saturated heterocycles. The van der Waals surface area contributed by atoms with Gasteiger partial charge in [-0.1, -0.05) is 25.9 Å². The number of rotatable bonds is 3. The van der Waals surface area contributed by atoms with E-state index in [1.807, 2.05) is 0 Å². The van der Waals surface area contributed by atoms with Gasteiger partial charge in [0.2, 0.25) is 11.7 Å². The lowest BCUT2D eigenvalue weighted by molar-refractivity contribution is 0.00718. The summed E-state index contributed by atoms with van der Waals surface area (Å²) in [5, 5.41) is 7.45. The first-order valence-corrected chi connectivity index (χ1v) is 6.59. The zero-order chi connectivity index (χ0) is 13.2. The molecule has 1 aromatic heterocycles. The molecule has 0 saturated carbocycles. The Morgan fingerprint density at radius 1 is 1.44 bits per heavy atom. The second-order valence-corrected chi connectivity index (χ2v) is 6.02. The summed E-state index contributed by atoms with van der Waals surface area (Å²) in [7, 11) is 1.69. The van der Waals surface area contributed by atoms with Crippen LogP contribution in [0.2, 0.25) is 0 Å². The highest BCUT2D eigenvalue weighted by Gasteiger charge is 2.31. The van der Waals surface area contributed by atoms with E-state index in [4.69, 9.17) is 9.26 Å². The van der Waals surface area contributed by atoms with Gasteiger partial charge in [0.25, 0.3) is 0 Å². The molecule has 1 N–H and O–H groups in total. The summed E-state index contributed by atoms with van der Waals surface area (Å²) in [6, 6.07) is 0. The largest absolute Gasteiger partial charge is 0.373 e. The van der Waals surface area contributed by atoms with Crippen LogP contribution in [0.1, 0.15) is 57.3 Å². The maximum atomic E-state index is 5.50. The fourth-order valence-corrected chi connectivity index (χ4v) is 2.43. The first-order valence-electron chi connectivity index (χ1n) is 6.59. The van der Waals surface area contributed by atoms with Gasteiger partial charge in [-0.25, -0.2) is 0 Å². The second kappa shape index (κ2) is 5.36. The maximum absolute atomic E-state index is 5.50. The molecule has 1 fully saturated rings. The molecule has 0 aliphatic carbocycles. The molecule has 18 heavy (non-hydrogen) atoms. The van der Waals surface area contributed by atoms with Crippen LogP contribution in [-0.2, 0) is 4.74 Å². The monoisotopic (exact) mass is 253 g/mol. The lowest BCUT2D eigenvalue weighted by Crippen LogP contribution is -2.28. The molecule has 102 valence electrons. The molecule has 1 aliphatic rings. The van der Waals surface area contributed by atoms with E-state index in [-0.39, 0.29) is 11.5 Å². The molecule has 1 aliphatic heterocycles. The Morgan fingerprint density at radius 2 is 2.22 bits per heavy atom. The third kappa shape index (κ3) is 2.90. The van der Waals surface area contributed by atoms with Crippen LogP contribution in [0.4, 0.5) is 0 Å². The molecule has 1 aromatic rings. The number of hydrogen-bond acceptors (Lipinski definition) is 5. The average Bonchev–Trinajstić information content (AvgIpc) is 2.78. The minimum absolute atomic E-state index is 0.0410. The van der Waals surface area contributed by atoms with Crippen molar-refractivity contribution in [3.8, 4) is 0 Å². The van der Waals surface area contributed by atoms with Crippen LogP contribution < -0.4 is 5.32 Å². The van der Waals surface area contributed by atoms with Crippen molar-refractivity contribution in [1.82, 2.24) is 15.5 Å². The summed E-state index contributed by atoms with van der Waals surface area (Å²) in [6.45, 7) is 8.34. The van der Waals surface area contributed by atoms with E-state index >= 15 is 0 Å². The summed E-state index contributed by atoms with van der Waals surface area (Å²) < 4.78 is 10.9. The third-order valence-electron chi connectivity index (χ3n) is 3.36. The van der Waals surface area contributed by atoms with E-state index in [1.165, 1.54) is 0 Å². The number of nitrogens with one attached hydrogen (secondary N) is 1. The van der Waals surface area contributed by atoms with Gasteiger partial charge >= 0.3 is 0 Å². The first-order chi connectivity index (χ1) is 8.52. The molecule has 0 amide bonds. The van der Waals surface area contributed by atoms with Crippen LogP contribution in [0.15, 0.2) is 4.52 Å². The fourth-order valence-electron chi connectivity index (χ4n) is 2.43. The molecule has 2 heterocycles. The van der Waals surface area contributed by atoms with E-state index in [0.29, 0.717) is 11.7 Å². The number of hydrogen-bond donors (Lipinski definition) is 1. The SMILES string of the molecule is COC(c1noc([C@@H]2CCCNC2)n1)C(C)(C)C. The molecular weight excluding hydrogens is 230 g/mol. The predicted octanol–water partition coefficient (Wildman–Crippen LogP) is 2.27. The molecule has 0 aromatic carbocycles. The zero-order valence-electron chi connectivity index (χ0n) is 11.7. The lowest BCUT2D eigenvalue weighted by atomic mass is 9.88. The van der Waals surface area contributed by atoms with Crippen LogP contribution in [0.3, 0.4) is 0 Å². The number of methoxy groups -OCH3 is 1. The average molecular weight is 253 g/mol. The van der Waals surface area contributed by atoms with Gasteiger partial charge in [-0.15, -0.1) is 0 Å². The number of nitrogens with zero attached hydrogens (tertiary/aromatic N) is 2. The summed E-state index contributed by atoms with van der Waals surface area (Å²) in [6.07, 6.45) is 2.14. The Balaban J connectivity index is 2.13. The number of piperidine rings is 1. The van der Waals surface area contributed by atoms with Gasteiger partial charge < -0.3 is 14.6 Å². The normalized spacial score (nSPS) is 23.0. The van der Waals surface area contributed by atoms with Crippen LogP contribution >= 0.6 is 0 Å². The highest BCUT2D eigenvalue weighted by atomic mass is 16.5. The minimum atomic E-state index is -0.133. The van der Waals surface area contributed by atoms with E-state index in [2.05, 4.69) is 36.2 Å². The summed E-state index contributed by atoms with van der Waals surface area (Å²) >= 11 is 0. The molecule has 2 atom stereocenters. The van der Waals surface area contributed by atoms with E-state index in [1.54, 1.807) is 7.11 Å². The van der Waals surface area contributed by atoms with Gasteiger partial charge in [0.1, 0.15) is 6.10 Å². The summed E-state index contributed by atoms with van der Waals surface area (Å²) in [5.41, 5.74) is -0.0410. The molecule has 0 spiro atoms. The number of aromatic nitrogens is 2. The molecule has 1 unspecified atom stereocenters. The Bertz CT molecular complexity index is 378. The quantitative estimate of drug-likeness (QED) is 0.895. The van der Waals surface area contributed by atoms with Gasteiger partial charge in [0.05, 0.1) is 5.92 Å². The van der Waals surface area contributed by atoms with Gasteiger partial charge in [0.15, 0.2) is 0 Å². The second-order valence-electron chi connectivity index (χ2n) is 6.02. The third-order valence-corrected chi connectivity index (χ3v) is 3.36. The van der Waals surface area contributed by atoms with Crippen molar-refractivity contribution in [3.05, 3.63) is 11.7 Å². The number of ether oxygens (including phenoxy) is 1. The molecular formula is C13H23N3O2. The van der Waals surface area contributed by atoms with Gasteiger partial charge in [-0.3, -0.25) is 0 Å². The van der Waals surface area contributed by atoms with Crippen molar-refractivity contribution in [2.45, 2.75) is 45.6 Å². The fraction of sp³-hybridized carbons (Fsp3) is 0.846. The summed E-state index contributed by atoms with van der Waals surface area (Å²) in [4.78, 5) is 4.53. The van der Waals surface area contributed by atoms with E-state index in [9.17, 15) is 0 Å². The van der Waals surface area contributed by atoms with Crippen LogP contribution in [0, 0.1) is 5.41 Å². The first kappa shape index (κ1) is 13.5. The van der Waals surface area contributed by atoms with Crippen molar-refractivity contribution in [3.63, 3.8) is 0 Å². The molecule has 0 bridgehead atoms. The van der Waals surface area contributed by atoms with E-state index < -0.39 is 0 Å². The van der Waals surface area contributed by atoms with Gasteiger partial charge in [0, 0.05) is 13.7 Å². The Hall–Kier alpha value is -0.940. The summed E-state index contributed by atoms with van der Waals surface area (Å²) in [5.74, 6) is 1.74. The maximum Gasteiger partial charge on any atom is 0.231 e. The predicted molar refractivity (Wildman–Crippen MR) is 68.3 cm³/mol. The van der Waals surface area contributed by atoms with Crippen molar-refractivity contribution >= 4 is 0 Å². The lowest BCUT2D eigenvalue weighted by Gasteiger charge is -2.26. The molecule has 0 radical (unpaired) electrons. The van der Waals surface area contributed by atoms with Crippen LogP contribution in [-0.4, -0.2) is 30.3 Å². The van der Waals surface area contributed by atoms with Crippen molar-refractivity contribution in [2.24, 2.45) is 5.41 Å². The zero-order valence-corrected chi connectivity index (χ0v) is 11.7. The Labute approximate surface area is 108 Å². The molecule has 5 heteroatoms. The smallest absolute Gasteiger partial charge is 0.231 e. The van der Waals surface area contributed by atoms with Crippen molar-refractivity contribution in [2.75, 3.05) is 20.2 Å². The highest BCUT2D eigenvalue weighted by molar-refractivity contribution is 5.01.